The molecule has 2 rings (SSSR count). The van der Waals surface area contributed by atoms with Crippen molar-refractivity contribution in [3.63, 3.8) is 0 Å². The first-order valence-electron chi connectivity index (χ1n) is 4.59. The summed E-state index contributed by atoms with van der Waals surface area (Å²) in [6.45, 7) is 2.09. The van der Waals surface area contributed by atoms with E-state index in [9.17, 15) is 8.78 Å². The molecule has 4 heteroatoms. The average molecular weight is 198 g/mol. The molecule has 1 aliphatic rings. The Hall–Kier alpha value is -1.32. The second-order valence-corrected chi connectivity index (χ2v) is 3.82. The molecule has 2 atom stereocenters. The lowest BCUT2D eigenvalue weighted by atomic mass is 10.2. The number of rotatable bonds is 2. The number of nitrogens with one attached hydrogen (secondary N) is 1. The average Bonchev–Trinajstić information content (AvgIpc) is 2.78. The SMILES string of the molecule is CC1CC1Nc1cc(F)c(F)cc1N. The third-order valence-corrected chi connectivity index (χ3v) is 2.54. The number of hydrogen-bond donors (Lipinski definition) is 2. The minimum atomic E-state index is -0.906. The van der Waals surface area contributed by atoms with Gasteiger partial charge in [0.05, 0.1) is 11.4 Å². The molecule has 0 amide bonds. The molecule has 0 heterocycles. The smallest absolute Gasteiger partial charge is 0.161 e. The second kappa shape index (κ2) is 3.12. The Bertz CT molecular complexity index is 365. The van der Waals surface area contributed by atoms with Crippen LogP contribution in [0.5, 0.6) is 0 Å². The van der Waals surface area contributed by atoms with Crippen LogP contribution in [0.25, 0.3) is 0 Å². The molecule has 0 saturated heterocycles. The molecule has 1 fully saturated rings. The van der Waals surface area contributed by atoms with E-state index < -0.39 is 11.6 Å². The zero-order valence-corrected chi connectivity index (χ0v) is 7.85. The molecule has 0 bridgehead atoms. The van der Waals surface area contributed by atoms with E-state index in [2.05, 4.69) is 12.2 Å². The second-order valence-electron chi connectivity index (χ2n) is 3.82. The van der Waals surface area contributed by atoms with Gasteiger partial charge < -0.3 is 11.1 Å². The van der Waals surface area contributed by atoms with Crippen molar-refractivity contribution in [2.75, 3.05) is 11.1 Å². The molecule has 76 valence electrons. The Balaban J connectivity index is 2.20. The number of nitrogen functional groups attached to an aromatic ring is 1. The predicted octanol–water partition coefficient (Wildman–Crippen LogP) is 2.37. The highest BCUT2D eigenvalue weighted by Gasteiger charge is 2.32. The predicted molar refractivity (Wildman–Crippen MR) is 52.0 cm³/mol. The van der Waals surface area contributed by atoms with Gasteiger partial charge in [-0.1, -0.05) is 6.92 Å². The summed E-state index contributed by atoms with van der Waals surface area (Å²) in [5.41, 5.74) is 6.28. The molecular weight excluding hydrogens is 186 g/mol. The minimum Gasteiger partial charge on any atom is -0.397 e. The van der Waals surface area contributed by atoms with E-state index in [4.69, 9.17) is 5.73 Å². The van der Waals surface area contributed by atoms with Crippen molar-refractivity contribution in [3.8, 4) is 0 Å². The van der Waals surface area contributed by atoms with E-state index in [-0.39, 0.29) is 5.69 Å². The minimum absolute atomic E-state index is 0.253. The number of benzene rings is 1. The van der Waals surface area contributed by atoms with Gasteiger partial charge in [-0.15, -0.1) is 0 Å². The third kappa shape index (κ3) is 1.64. The van der Waals surface area contributed by atoms with Crippen LogP contribution < -0.4 is 11.1 Å². The highest BCUT2D eigenvalue weighted by Crippen LogP contribution is 2.34. The lowest BCUT2D eigenvalue weighted by molar-refractivity contribution is 0.509. The van der Waals surface area contributed by atoms with Crippen molar-refractivity contribution in [1.82, 2.24) is 0 Å². The fourth-order valence-electron chi connectivity index (χ4n) is 1.41. The first kappa shape index (κ1) is 9.24. The van der Waals surface area contributed by atoms with Gasteiger partial charge in [-0.05, 0) is 12.3 Å². The lowest BCUT2D eigenvalue weighted by Gasteiger charge is -2.08. The maximum Gasteiger partial charge on any atom is 0.161 e. The Labute approximate surface area is 81.1 Å². The van der Waals surface area contributed by atoms with Gasteiger partial charge in [-0.25, -0.2) is 8.78 Å². The van der Waals surface area contributed by atoms with Crippen molar-refractivity contribution in [1.29, 1.82) is 0 Å². The van der Waals surface area contributed by atoms with Gasteiger partial charge in [-0.2, -0.15) is 0 Å². The van der Waals surface area contributed by atoms with Gasteiger partial charge in [0.1, 0.15) is 0 Å². The van der Waals surface area contributed by atoms with E-state index in [1.807, 2.05) is 0 Å². The summed E-state index contributed by atoms with van der Waals surface area (Å²) in [6, 6.07) is 2.46. The van der Waals surface area contributed by atoms with Crippen molar-refractivity contribution in [2.24, 2.45) is 5.92 Å². The molecule has 3 N–H and O–H groups in total. The van der Waals surface area contributed by atoms with Crippen molar-refractivity contribution in [3.05, 3.63) is 23.8 Å². The summed E-state index contributed by atoms with van der Waals surface area (Å²) in [5, 5.41) is 3.07. The number of anilines is 2. The standard InChI is InChI=1S/C10H12F2N2/c1-5-2-9(5)14-10-4-7(12)6(11)3-8(10)13/h3-5,9,14H,2,13H2,1H3. The quantitative estimate of drug-likeness (QED) is 0.716. The first-order valence-corrected chi connectivity index (χ1v) is 4.59. The Morgan fingerprint density at radius 3 is 2.50 bits per heavy atom. The fraction of sp³-hybridized carbons (Fsp3) is 0.400. The van der Waals surface area contributed by atoms with Crippen LogP contribution in [0.3, 0.4) is 0 Å². The van der Waals surface area contributed by atoms with E-state index in [0.29, 0.717) is 17.6 Å². The summed E-state index contributed by atoms with van der Waals surface area (Å²) in [5.74, 6) is -1.19. The van der Waals surface area contributed by atoms with E-state index >= 15 is 0 Å². The highest BCUT2D eigenvalue weighted by molar-refractivity contribution is 5.67. The highest BCUT2D eigenvalue weighted by atomic mass is 19.2. The lowest BCUT2D eigenvalue weighted by Crippen LogP contribution is -2.07. The first-order chi connectivity index (χ1) is 6.58. The normalized spacial score (nSPS) is 24.8. The Morgan fingerprint density at radius 2 is 1.93 bits per heavy atom. The van der Waals surface area contributed by atoms with Gasteiger partial charge >= 0.3 is 0 Å². The molecule has 1 saturated carbocycles. The maximum atomic E-state index is 12.9. The topological polar surface area (TPSA) is 38.0 Å². The molecule has 14 heavy (non-hydrogen) atoms. The maximum absolute atomic E-state index is 12.9. The Morgan fingerprint density at radius 1 is 1.36 bits per heavy atom. The largest absolute Gasteiger partial charge is 0.397 e. The number of nitrogens with two attached hydrogens (primary N) is 1. The Kier molecular flexibility index (Phi) is 2.06. The monoisotopic (exact) mass is 198 g/mol. The van der Waals surface area contributed by atoms with Gasteiger partial charge in [-0.3, -0.25) is 0 Å². The molecule has 1 aromatic rings. The molecule has 1 aliphatic carbocycles. The van der Waals surface area contributed by atoms with Crippen LogP contribution >= 0.6 is 0 Å². The van der Waals surface area contributed by atoms with Crippen molar-refractivity contribution >= 4 is 11.4 Å². The summed E-state index contributed by atoms with van der Waals surface area (Å²) < 4.78 is 25.6. The van der Waals surface area contributed by atoms with Crippen LogP contribution in [0.1, 0.15) is 13.3 Å². The van der Waals surface area contributed by atoms with Gasteiger partial charge in [0, 0.05) is 18.2 Å². The molecule has 0 spiro atoms. The van der Waals surface area contributed by atoms with Crippen LogP contribution in [0.4, 0.5) is 20.2 Å². The van der Waals surface area contributed by atoms with Crippen molar-refractivity contribution in [2.45, 2.75) is 19.4 Å². The molecular formula is C10H12F2N2. The van der Waals surface area contributed by atoms with Gasteiger partial charge in [0.25, 0.3) is 0 Å². The van der Waals surface area contributed by atoms with Gasteiger partial charge in [0.2, 0.25) is 0 Å². The molecule has 1 aromatic carbocycles. The van der Waals surface area contributed by atoms with Crippen LogP contribution in [0.15, 0.2) is 12.1 Å². The molecule has 2 nitrogen and oxygen atoms in total. The molecule has 0 aliphatic heterocycles. The van der Waals surface area contributed by atoms with Crippen LogP contribution in [0, 0.1) is 17.6 Å². The summed E-state index contributed by atoms with van der Waals surface area (Å²) in [6.07, 6.45) is 1.05. The van der Waals surface area contributed by atoms with Crippen LogP contribution in [-0.4, -0.2) is 6.04 Å². The van der Waals surface area contributed by atoms with E-state index in [0.717, 1.165) is 18.6 Å². The third-order valence-electron chi connectivity index (χ3n) is 2.54. The summed E-state index contributed by atoms with van der Waals surface area (Å²) in [4.78, 5) is 0. The zero-order chi connectivity index (χ0) is 10.3. The van der Waals surface area contributed by atoms with Crippen LogP contribution in [0.2, 0.25) is 0 Å². The van der Waals surface area contributed by atoms with Gasteiger partial charge in [0.15, 0.2) is 11.6 Å². The van der Waals surface area contributed by atoms with Crippen LogP contribution in [-0.2, 0) is 0 Å². The summed E-state index contributed by atoms with van der Waals surface area (Å²) >= 11 is 0. The summed E-state index contributed by atoms with van der Waals surface area (Å²) in [7, 11) is 0. The number of halogens is 2. The molecule has 0 radical (unpaired) electrons. The van der Waals surface area contributed by atoms with E-state index in [1.165, 1.54) is 0 Å². The zero-order valence-electron chi connectivity index (χ0n) is 7.85. The van der Waals surface area contributed by atoms with E-state index in [1.54, 1.807) is 0 Å². The number of hydrogen-bond acceptors (Lipinski definition) is 2. The molecule has 0 aromatic heterocycles. The molecule has 2 unspecified atom stereocenters. The fourth-order valence-corrected chi connectivity index (χ4v) is 1.41. The van der Waals surface area contributed by atoms with Crippen molar-refractivity contribution < 1.29 is 8.78 Å².